The van der Waals surface area contributed by atoms with E-state index in [0.717, 1.165) is 6.42 Å². The second-order valence-corrected chi connectivity index (χ2v) is 2.50. The Morgan fingerprint density at radius 3 is 3.10 bits per heavy atom. The molecule has 0 bridgehead atoms. The van der Waals surface area contributed by atoms with Crippen LogP contribution in [-0.2, 0) is 0 Å². The summed E-state index contributed by atoms with van der Waals surface area (Å²) in [7, 11) is 0. The molecule has 0 saturated heterocycles. The molecule has 0 fully saturated rings. The lowest BCUT2D eigenvalue weighted by molar-refractivity contribution is 0.934. The van der Waals surface area contributed by atoms with E-state index in [9.17, 15) is 0 Å². The van der Waals surface area contributed by atoms with Crippen LogP contribution in [0.1, 0.15) is 20.3 Å². The maximum atomic E-state index is 4.30. The highest BCUT2D eigenvalue weighted by molar-refractivity contribution is 5.79. The number of rotatable bonds is 1. The van der Waals surface area contributed by atoms with Crippen molar-refractivity contribution in [2.75, 3.05) is 0 Å². The summed E-state index contributed by atoms with van der Waals surface area (Å²) in [5.41, 5.74) is 1.31. The van der Waals surface area contributed by atoms with E-state index in [4.69, 9.17) is 0 Å². The summed E-state index contributed by atoms with van der Waals surface area (Å²) in [6, 6.07) is 0.347. The quantitative estimate of drug-likeness (QED) is 0.523. The molecule has 1 aliphatic heterocycles. The standard InChI is InChI=1S/C9H13N/c1-3-9-6-4-5-8(2)10-7-9/h4-8H,3H2,1-2H3. The van der Waals surface area contributed by atoms with Crippen LogP contribution in [0, 0.1) is 0 Å². The third kappa shape index (κ3) is 1.83. The fourth-order valence-corrected chi connectivity index (χ4v) is 0.855. The van der Waals surface area contributed by atoms with Crippen LogP contribution in [0.4, 0.5) is 0 Å². The molecule has 1 nitrogen and oxygen atoms in total. The van der Waals surface area contributed by atoms with Crippen LogP contribution in [0.25, 0.3) is 0 Å². The van der Waals surface area contributed by atoms with Gasteiger partial charge < -0.3 is 0 Å². The number of hydrogen-bond donors (Lipinski definition) is 0. The average Bonchev–Trinajstić information content (AvgIpc) is 2.14. The zero-order valence-corrected chi connectivity index (χ0v) is 6.54. The first-order valence-corrected chi connectivity index (χ1v) is 3.73. The Balaban J connectivity index is 2.71. The number of hydrogen-bond acceptors (Lipinski definition) is 1. The van der Waals surface area contributed by atoms with Crippen molar-refractivity contribution in [2.45, 2.75) is 26.3 Å². The lowest BCUT2D eigenvalue weighted by atomic mass is 10.2. The Hall–Kier alpha value is -0.850. The van der Waals surface area contributed by atoms with Crippen molar-refractivity contribution in [3.63, 3.8) is 0 Å². The van der Waals surface area contributed by atoms with Crippen LogP contribution in [-0.4, -0.2) is 12.3 Å². The summed E-state index contributed by atoms with van der Waals surface area (Å²) in [5, 5.41) is 0. The van der Waals surface area contributed by atoms with Crippen LogP contribution in [0.2, 0.25) is 0 Å². The monoisotopic (exact) mass is 135 g/mol. The lowest BCUT2D eigenvalue weighted by Crippen LogP contribution is -1.90. The smallest absolute Gasteiger partial charge is 0.0654 e. The zero-order valence-electron chi connectivity index (χ0n) is 6.54. The highest BCUT2D eigenvalue weighted by Crippen LogP contribution is 2.03. The second kappa shape index (κ2) is 3.35. The molecule has 0 aromatic rings. The normalized spacial score (nSPS) is 24.2. The van der Waals surface area contributed by atoms with Crippen LogP contribution in [0.5, 0.6) is 0 Å². The molecule has 1 rings (SSSR count). The molecule has 0 saturated carbocycles. The van der Waals surface area contributed by atoms with Gasteiger partial charge in [0.2, 0.25) is 0 Å². The van der Waals surface area contributed by atoms with Gasteiger partial charge in [0.1, 0.15) is 0 Å². The van der Waals surface area contributed by atoms with E-state index in [0.29, 0.717) is 6.04 Å². The summed E-state index contributed by atoms with van der Waals surface area (Å²) < 4.78 is 0. The van der Waals surface area contributed by atoms with E-state index in [-0.39, 0.29) is 0 Å². The second-order valence-electron chi connectivity index (χ2n) is 2.50. The van der Waals surface area contributed by atoms with Gasteiger partial charge in [-0.25, -0.2) is 0 Å². The fourth-order valence-electron chi connectivity index (χ4n) is 0.855. The minimum Gasteiger partial charge on any atom is -0.286 e. The van der Waals surface area contributed by atoms with Gasteiger partial charge in [0.05, 0.1) is 6.04 Å². The van der Waals surface area contributed by atoms with Crippen molar-refractivity contribution in [1.29, 1.82) is 0 Å². The van der Waals surface area contributed by atoms with E-state index in [1.54, 1.807) is 0 Å². The first kappa shape index (κ1) is 7.26. The van der Waals surface area contributed by atoms with E-state index in [2.05, 4.69) is 37.1 Å². The molecular formula is C9H13N. The van der Waals surface area contributed by atoms with Crippen LogP contribution in [0.15, 0.2) is 28.8 Å². The van der Waals surface area contributed by atoms with Crippen LogP contribution >= 0.6 is 0 Å². The van der Waals surface area contributed by atoms with Crippen molar-refractivity contribution < 1.29 is 0 Å². The topological polar surface area (TPSA) is 12.4 Å². The minimum atomic E-state index is 0.347. The Morgan fingerprint density at radius 2 is 2.40 bits per heavy atom. The molecule has 1 unspecified atom stereocenters. The minimum absolute atomic E-state index is 0.347. The lowest BCUT2D eigenvalue weighted by Gasteiger charge is -1.93. The van der Waals surface area contributed by atoms with Crippen LogP contribution < -0.4 is 0 Å². The molecule has 0 radical (unpaired) electrons. The highest BCUT2D eigenvalue weighted by atomic mass is 14.7. The van der Waals surface area contributed by atoms with Gasteiger partial charge in [-0.1, -0.05) is 25.2 Å². The van der Waals surface area contributed by atoms with Gasteiger partial charge in [-0.2, -0.15) is 0 Å². The van der Waals surface area contributed by atoms with Gasteiger partial charge in [-0.05, 0) is 18.9 Å². The summed E-state index contributed by atoms with van der Waals surface area (Å²) >= 11 is 0. The van der Waals surface area contributed by atoms with Crippen molar-refractivity contribution in [1.82, 2.24) is 0 Å². The maximum absolute atomic E-state index is 4.30. The molecule has 54 valence electrons. The first-order valence-electron chi connectivity index (χ1n) is 3.73. The van der Waals surface area contributed by atoms with Gasteiger partial charge in [0.15, 0.2) is 0 Å². The van der Waals surface area contributed by atoms with Crippen molar-refractivity contribution >= 4 is 6.21 Å². The van der Waals surface area contributed by atoms with Gasteiger partial charge in [-0.15, -0.1) is 0 Å². The average molecular weight is 135 g/mol. The number of allylic oxidation sites excluding steroid dienone is 3. The Morgan fingerprint density at radius 1 is 1.60 bits per heavy atom. The summed E-state index contributed by atoms with van der Waals surface area (Å²) in [6.45, 7) is 4.22. The third-order valence-electron chi connectivity index (χ3n) is 1.58. The largest absolute Gasteiger partial charge is 0.286 e. The van der Waals surface area contributed by atoms with Crippen molar-refractivity contribution in [3.8, 4) is 0 Å². The summed E-state index contributed by atoms with van der Waals surface area (Å²) in [4.78, 5) is 4.30. The summed E-state index contributed by atoms with van der Waals surface area (Å²) in [5.74, 6) is 0. The van der Waals surface area contributed by atoms with Crippen molar-refractivity contribution in [3.05, 3.63) is 23.8 Å². The molecule has 0 spiro atoms. The molecule has 0 aromatic carbocycles. The first-order chi connectivity index (χ1) is 4.83. The zero-order chi connectivity index (χ0) is 7.40. The van der Waals surface area contributed by atoms with E-state index in [1.807, 2.05) is 6.21 Å². The molecule has 10 heavy (non-hydrogen) atoms. The summed E-state index contributed by atoms with van der Waals surface area (Å²) in [6.07, 6.45) is 9.33. The Kier molecular flexibility index (Phi) is 2.43. The Bertz CT molecular complexity index is 187. The molecule has 1 heterocycles. The number of aliphatic imine (C=N–C) groups is 1. The number of nitrogens with zero attached hydrogens (tertiary/aromatic N) is 1. The third-order valence-corrected chi connectivity index (χ3v) is 1.58. The molecule has 0 aromatic heterocycles. The molecule has 0 aliphatic carbocycles. The van der Waals surface area contributed by atoms with Gasteiger partial charge >= 0.3 is 0 Å². The molecule has 0 N–H and O–H groups in total. The highest BCUT2D eigenvalue weighted by Gasteiger charge is 1.94. The van der Waals surface area contributed by atoms with Gasteiger partial charge in [0, 0.05) is 6.21 Å². The molecule has 1 aliphatic rings. The Labute approximate surface area is 62.2 Å². The van der Waals surface area contributed by atoms with E-state index >= 15 is 0 Å². The van der Waals surface area contributed by atoms with Crippen molar-refractivity contribution in [2.24, 2.45) is 4.99 Å². The predicted molar refractivity (Wildman–Crippen MR) is 45.5 cm³/mol. The van der Waals surface area contributed by atoms with Gasteiger partial charge in [0.25, 0.3) is 0 Å². The SMILES string of the molecule is CCC1=CC=CC(C)N=C1. The predicted octanol–water partition coefficient (Wildman–Crippen LogP) is 2.35. The van der Waals surface area contributed by atoms with E-state index < -0.39 is 0 Å². The molecular weight excluding hydrogens is 122 g/mol. The van der Waals surface area contributed by atoms with E-state index in [1.165, 1.54) is 5.57 Å². The molecule has 1 atom stereocenters. The molecule has 1 heteroatoms. The van der Waals surface area contributed by atoms with Crippen LogP contribution in [0.3, 0.4) is 0 Å². The van der Waals surface area contributed by atoms with Gasteiger partial charge in [-0.3, -0.25) is 4.99 Å². The fraction of sp³-hybridized carbons (Fsp3) is 0.444. The maximum Gasteiger partial charge on any atom is 0.0654 e. The molecule has 0 amide bonds.